The fourth-order valence-electron chi connectivity index (χ4n) is 3.36. The minimum absolute atomic E-state index is 0.0503. The van der Waals surface area contributed by atoms with Crippen LogP contribution >= 0.6 is 11.3 Å². The first kappa shape index (κ1) is 21.8. The van der Waals surface area contributed by atoms with E-state index in [0.29, 0.717) is 18.2 Å². The van der Waals surface area contributed by atoms with Crippen molar-refractivity contribution in [2.24, 2.45) is 0 Å². The number of rotatable bonds is 6. The number of benzene rings is 1. The van der Waals surface area contributed by atoms with Crippen LogP contribution in [0.5, 0.6) is 5.75 Å². The van der Waals surface area contributed by atoms with Crippen LogP contribution in [0.2, 0.25) is 0 Å². The number of hydrogen-bond donors (Lipinski definition) is 1. The van der Waals surface area contributed by atoms with E-state index in [1.165, 1.54) is 21.8 Å². The number of fused-ring (bicyclic) bond motifs is 1. The molecule has 1 amide bonds. The molecule has 1 aliphatic rings. The second-order valence-electron chi connectivity index (χ2n) is 7.19. The van der Waals surface area contributed by atoms with Gasteiger partial charge in [-0.1, -0.05) is 17.4 Å². The summed E-state index contributed by atoms with van der Waals surface area (Å²) in [5.74, 6) is -2.57. The SMILES string of the molecule is COCCN1CN(C)C(=O)c2c(O)c(=O)c(-c3nnc(Cc4ccc(F)cc4F)s3)cn21. The number of ether oxygens (including phenoxy) is 1. The van der Waals surface area contributed by atoms with Crippen LogP contribution in [0.25, 0.3) is 10.6 Å². The lowest BCUT2D eigenvalue weighted by Crippen LogP contribution is -2.53. The third-order valence-electron chi connectivity index (χ3n) is 5.00. The standard InChI is InChI=1S/C20H19F2N5O4S/c1-25-10-26(5-6-31-2)27-9-13(17(28)18(29)16(27)20(25)30)19-24-23-15(32-19)7-11-3-4-12(21)8-14(11)22/h3-4,8-9,29H,5-7,10H2,1-2H3. The van der Waals surface area contributed by atoms with E-state index in [4.69, 9.17) is 4.74 Å². The number of carbonyl (C=O) groups is 1. The van der Waals surface area contributed by atoms with Crippen LogP contribution in [0.15, 0.2) is 29.2 Å². The van der Waals surface area contributed by atoms with Crippen molar-refractivity contribution in [3.05, 3.63) is 62.5 Å². The zero-order valence-corrected chi connectivity index (χ0v) is 18.0. The van der Waals surface area contributed by atoms with Gasteiger partial charge in [-0.05, 0) is 11.6 Å². The third kappa shape index (κ3) is 3.94. The summed E-state index contributed by atoms with van der Waals surface area (Å²) in [5.41, 5.74) is -0.628. The highest BCUT2D eigenvalue weighted by molar-refractivity contribution is 7.14. The predicted octanol–water partition coefficient (Wildman–Crippen LogP) is 1.57. The number of aromatic hydroxyl groups is 1. The fraction of sp³-hybridized carbons (Fsp3) is 0.300. The van der Waals surface area contributed by atoms with Crippen molar-refractivity contribution >= 4 is 17.2 Å². The lowest BCUT2D eigenvalue weighted by Gasteiger charge is -2.38. The smallest absolute Gasteiger partial charge is 0.277 e. The Morgan fingerprint density at radius 2 is 2.03 bits per heavy atom. The summed E-state index contributed by atoms with van der Waals surface area (Å²) in [4.78, 5) is 26.8. The Morgan fingerprint density at radius 3 is 2.75 bits per heavy atom. The van der Waals surface area contributed by atoms with E-state index in [0.717, 1.165) is 23.5 Å². The van der Waals surface area contributed by atoms with Gasteiger partial charge in [0.25, 0.3) is 5.91 Å². The maximum absolute atomic E-state index is 14.0. The average Bonchev–Trinajstić information content (AvgIpc) is 3.22. The Balaban J connectivity index is 1.73. The van der Waals surface area contributed by atoms with Gasteiger partial charge in [0.1, 0.15) is 23.3 Å². The predicted molar refractivity (Wildman–Crippen MR) is 112 cm³/mol. The van der Waals surface area contributed by atoms with Crippen LogP contribution in [0.4, 0.5) is 8.78 Å². The molecule has 0 atom stereocenters. The van der Waals surface area contributed by atoms with Crippen molar-refractivity contribution in [1.82, 2.24) is 19.8 Å². The number of halogens is 2. The maximum Gasteiger partial charge on any atom is 0.277 e. The summed E-state index contributed by atoms with van der Waals surface area (Å²) in [6.45, 7) is 0.978. The topological polar surface area (TPSA) is 101 Å². The van der Waals surface area contributed by atoms with E-state index in [-0.39, 0.29) is 34.9 Å². The quantitative estimate of drug-likeness (QED) is 0.592. The van der Waals surface area contributed by atoms with Crippen molar-refractivity contribution in [3.63, 3.8) is 0 Å². The molecule has 0 bridgehead atoms. The maximum atomic E-state index is 14.0. The molecular weight excluding hydrogens is 444 g/mol. The Kier molecular flexibility index (Phi) is 5.89. The van der Waals surface area contributed by atoms with Gasteiger partial charge >= 0.3 is 0 Å². The zero-order valence-electron chi connectivity index (χ0n) is 17.2. The van der Waals surface area contributed by atoms with Crippen LogP contribution < -0.4 is 10.4 Å². The minimum atomic E-state index is -0.762. The largest absolute Gasteiger partial charge is 0.502 e. The van der Waals surface area contributed by atoms with Crippen LogP contribution in [-0.2, 0) is 11.2 Å². The summed E-state index contributed by atoms with van der Waals surface area (Å²) in [7, 11) is 3.11. The average molecular weight is 463 g/mol. The van der Waals surface area contributed by atoms with Crippen LogP contribution in [-0.4, -0.2) is 64.8 Å². The van der Waals surface area contributed by atoms with Gasteiger partial charge in [-0.3, -0.25) is 19.3 Å². The summed E-state index contributed by atoms with van der Waals surface area (Å²) in [5, 5.41) is 20.9. The van der Waals surface area contributed by atoms with E-state index >= 15 is 0 Å². The minimum Gasteiger partial charge on any atom is -0.502 e. The van der Waals surface area contributed by atoms with E-state index in [9.17, 15) is 23.5 Å². The normalized spacial score (nSPS) is 13.6. The van der Waals surface area contributed by atoms with Crippen LogP contribution in [0.1, 0.15) is 21.1 Å². The molecule has 0 saturated carbocycles. The second-order valence-corrected chi connectivity index (χ2v) is 8.26. The molecule has 0 aliphatic carbocycles. The molecule has 0 spiro atoms. The van der Waals surface area contributed by atoms with Gasteiger partial charge in [-0.2, -0.15) is 0 Å². The highest BCUT2D eigenvalue weighted by Gasteiger charge is 2.32. The number of methoxy groups -OCH3 is 1. The Hall–Kier alpha value is -3.38. The first-order valence-corrected chi connectivity index (χ1v) is 10.4. The van der Waals surface area contributed by atoms with Gasteiger partial charge in [0.15, 0.2) is 16.5 Å². The second kappa shape index (κ2) is 8.63. The molecule has 4 rings (SSSR count). The van der Waals surface area contributed by atoms with E-state index in [2.05, 4.69) is 10.2 Å². The molecule has 2 aromatic heterocycles. The molecule has 1 aliphatic heterocycles. The molecule has 3 heterocycles. The molecule has 32 heavy (non-hydrogen) atoms. The van der Waals surface area contributed by atoms with Crippen molar-refractivity contribution in [2.75, 3.05) is 39.0 Å². The van der Waals surface area contributed by atoms with Gasteiger partial charge in [0, 0.05) is 32.8 Å². The van der Waals surface area contributed by atoms with Crippen LogP contribution in [0, 0.1) is 11.6 Å². The fourth-order valence-corrected chi connectivity index (χ4v) is 4.23. The molecule has 3 aromatic rings. The number of aromatic nitrogens is 3. The Morgan fingerprint density at radius 1 is 1.25 bits per heavy atom. The summed E-state index contributed by atoms with van der Waals surface area (Å²) in [6, 6.07) is 3.26. The lowest BCUT2D eigenvalue weighted by atomic mass is 10.1. The molecule has 168 valence electrons. The molecule has 0 radical (unpaired) electrons. The van der Waals surface area contributed by atoms with Crippen LogP contribution in [0.3, 0.4) is 0 Å². The Labute approximate surface area is 185 Å². The molecule has 0 saturated heterocycles. The molecule has 0 unspecified atom stereocenters. The monoisotopic (exact) mass is 463 g/mol. The molecule has 1 aromatic carbocycles. The van der Waals surface area contributed by atoms with Crippen molar-refractivity contribution in [2.45, 2.75) is 6.42 Å². The molecule has 9 nitrogen and oxygen atoms in total. The van der Waals surface area contributed by atoms with E-state index in [1.54, 1.807) is 19.2 Å². The summed E-state index contributed by atoms with van der Waals surface area (Å²) < 4.78 is 33.6. The number of carbonyl (C=O) groups excluding carboxylic acids is 1. The molecule has 1 N–H and O–H groups in total. The molecular formula is C20H19F2N5O4S. The van der Waals surface area contributed by atoms with Crippen molar-refractivity contribution in [1.29, 1.82) is 0 Å². The van der Waals surface area contributed by atoms with Gasteiger partial charge in [0.05, 0.1) is 18.7 Å². The number of hydrogen-bond acceptors (Lipinski definition) is 8. The third-order valence-corrected chi connectivity index (χ3v) is 5.96. The highest BCUT2D eigenvalue weighted by Crippen LogP contribution is 2.28. The first-order valence-electron chi connectivity index (χ1n) is 9.55. The van der Waals surface area contributed by atoms with Gasteiger partial charge in [-0.25, -0.2) is 8.78 Å². The number of pyridine rings is 1. The van der Waals surface area contributed by atoms with Crippen molar-refractivity contribution < 1.29 is 23.4 Å². The highest BCUT2D eigenvalue weighted by atomic mass is 32.1. The molecule has 0 fully saturated rings. The Bertz CT molecular complexity index is 1250. The lowest BCUT2D eigenvalue weighted by molar-refractivity contribution is 0.0725. The van der Waals surface area contributed by atoms with E-state index in [1.807, 2.05) is 0 Å². The summed E-state index contributed by atoms with van der Waals surface area (Å²) >= 11 is 1.04. The zero-order chi connectivity index (χ0) is 23.0. The van der Waals surface area contributed by atoms with Gasteiger partial charge < -0.3 is 14.7 Å². The molecule has 12 heteroatoms. The van der Waals surface area contributed by atoms with E-state index < -0.39 is 28.7 Å². The number of nitrogens with zero attached hydrogens (tertiary/aromatic N) is 5. The van der Waals surface area contributed by atoms with Gasteiger partial charge in [-0.15, -0.1) is 10.2 Å². The van der Waals surface area contributed by atoms with Gasteiger partial charge in [0.2, 0.25) is 5.43 Å². The number of amides is 1. The first-order chi connectivity index (χ1) is 15.3. The summed E-state index contributed by atoms with van der Waals surface area (Å²) in [6.07, 6.45) is 1.49. The van der Waals surface area contributed by atoms with Crippen molar-refractivity contribution in [3.8, 4) is 16.3 Å².